The average molecular weight is 398 g/mol. The fourth-order valence-corrected chi connectivity index (χ4v) is 3.21. The third-order valence-corrected chi connectivity index (χ3v) is 4.75. The third-order valence-electron chi connectivity index (χ3n) is 3.18. The van der Waals surface area contributed by atoms with Crippen LogP contribution in [0.2, 0.25) is 10.0 Å². The van der Waals surface area contributed by atoms with Gasteiger partial charge in [0, 0.05) is 15.7 Å². The van der Waals surface area contributed by atoms with Crippen molar-refractivity contribution in [2.45, 2.75) is 24.3 Å². The molecule has 4 nitrogen and oxygen atoms in total. The van der Waals surface area contributed by atoms with Crippen molar-refractivity contribution in [1.82, 2.24) is 0 Å². The van der Waals surface area contributed by atoms with Crippen LogP contribution < -0.4 is 5.32 Å². The zero-order valence-corrected chi connectivity index (χ0v) is 15.8. The first-order chi connectivity index (χ1) is 12.0. The van der Waals surface area contributed by atoms with Crippen molar-refractivity contribution in [1.29, 1.82) is 0 Å². The summed E-state index contributed by atoms with van der Waals surface area (Å²) in [5.74, 6) is -0.290. The minimum Gasteiger partial charge on any atom is -0.453 e. The molecule has 7 heteroatoms. The lowest BCUT2D eigenvalue weighted by Gasteiger charge is -2.14. The van der Waals surface area contributed by atoms with Gasteiger partial charge in [-0.3, -0.25) is 9.59 Å². The van der Waals surface area contributed by atoms with Crippen LogP contribution in [-0.2, 0) is 14.3 Å². The highest BCUT2D eigenvalue weighted by atomic mass is 35.5. The van der Waals surface area contributed by atoms with Crippen LogP contribution in [0, 0.1) is 0 Å². The Morgan fingerprint density at radius 1 is 1.16 bits per heavy atom. The van der Waals surface area contributed by atoms with E-state index in [1.807, 2.05) is 30.3 Å². The normalized spacial score (nSPS) is 11.6. The number of hydrogen-bond acceptors (Lipinski definition) is 4. The molecular formula is C18H17Cl2NO3S. The lowest BCUT2D eigenvalue weighted by Crippen LogP contribution is -2.30. The van der Waals surface area contributed by atoms with Gasteiger partial charge in [-0.1, -0.05) is 41.4 Å². The van der Waals surface area contributed by atoms with E-state index in [0.717, 1.165) is 4.90 Å². The van der Waals surface area contributed by atoms with Gasteiger partial charge in [-0.15, -0.1) is 11.8 Å². The van der Waals surface area contributed by atoms with E-state index in [0.29, 0.717) is 21.5 Å². The molecule has 132 valence electrons. The van der Waals surface area contributed by atoms with Gasteiger partial charge in [-0.05, 0) is 37.3 Å². The van der Waals surface area contributed by atoms with E-state index in [1.54, 1.807) is 23.9 Å². The first-order valence-electron chi connectivity index (χ1n) is 7.59. The maximum Gasteiger partial charge on any atom is 0.307 e. The van der Waals surface area contributed by atoms with Gasteiger partial charge < -0.3 is 10.1 Å². The largest absolute Gasteiger partial charge is 0.453 e. The highest BCUT2D eigenvalue weighted by molar-refractivity contribution is 7.99. The van der Waals surface area contributed by atoms with E-state index in [9.17, 15) is 9.59 Å². The number of ether oxygens (including phenoxy) is 1. The highest BCUT2D eigenvalue weighted by Crippen LogP contribution is 2.25. The van der Waals surface area contributed by atoms with Gasteiger partial charge >= 0.3 is 5.97 Å². The van der Waals surface area contributed by atoms with E-state index >= 15 is 0 Å². The number of anilines is 1. The fourth-order valence-electron chi connectivity index (χ4n) is 1.90. The van der Waals surface area contributed by atoms with E-state index in [4.69, 9.17) is 27.9 Å². The molecule has 0 heterocycles. The molecule has 0 saturated heterocycles. The Morgan fingerprint density at radius 3 is 2.56 bits per heavy atom. The van der Waals surface area contributed by atoms with E-state index < -0.39 is 18.0 Å². The maximum absolute atomic E-state index is 12.1. The zero-order chi connectivity index (χ0) is 18.2. The van der Waals surface area contributed by atoms with Gasteiger partial charge in [-0.25, -0.2) is 0 Å². The molecule has 1 amide bonds. The van der Waals surface area contributed by atoms with Crippen molar-refractivity contribution in [2.75, 3.05) is 11.1 Å². The monoisotopic (exact) mass is 397 g/mol. The summed E-state index contributed by atoms with van der Waals surface area (Å²) in [6.45, 7) is 1.52. The number of thioether (sulfide) groups is 1. The molecular weight excluding hydrogens is 381 g/mol. The number of esters is 1. The lowest BCUT2D eigenvalue weighted by atomic mass is 10.3. The Kier molecular flexibility index (Phi) is 7.62. The van der Waals surface area contributed by atoms with Crippen molar-refractivity contribution in [2.24, 2.45) is 0 Å². The molecule has 0 aliphatic carbocycles. The molecule has 0 bridgehead atoms. The standard InChI is InChI=1S/C18H17Cl2NO3S/c1-12(18(23)21-16-8-7-13(19)11-15(16)20)24-17(22)9-10-25-14-5-3-2-4-6-14/h2-8,11-12H,9-10H2,1H3,(H,21,23)/t12-/m1/s1. The highest BCUT2D eigenvalue weighted by Gasteiger charge is 2.18. The number of amides is 1. The molecule has 2 aromatic carbocycles. The van der Waals surface area contributed by atoms with Crippen LogP contribution in [0.4, 0.5) is 5.69 Å². The molecule has 2 aromatic rings. The zero-order valence-electron chi connectivity index (χ0n) is 13.5. The summed E-state index contributed by atoms with van der Waals surface area (Å²) in [4.78, 5) is 25.0. The SMILES string of the molecule is C[C@@H](OC(=O)CCSc1ccccc1)C(=O)Nc1ccc(Cl)cc1Cl. The predicted molar refractivity (Wildman–Crippen MR) is 102 cm³/mol. The summed E-state index contributed by atoms with van der Waals surface area (Å²) in [5, 5.41) is 3.40. The second kappa shape index (κ2) is 9.70. The second-order valence-corrected chi connectivity index (χ2v) is 7.17. The van der Waals surface area contributed by atoms with Crippen LogP contribution >= 0.6 is 35.0 Å². The average Bonchev–Trinajstić information content (AvgIpc) is 2.58. The summed E-state index contributed by atoms with van der Waals surface area (Å²) in [6, 6.07) is 14.5. The molecule has 0 fully saturated rings. The van der Waals surface area contributed by atoms with E-state index in [2.05, 4.69) is 5.32 Å². The van der Waals surface area contributed by atoms with Gasteiger partial charge in [-0.2, -0.15) is 0 Å². The molecule has 0 spiro atoms. The second-order valence-electron chi connectivity index (χ2n) is 5.16. The summed E-state index contributed by atoms with van der Waals surface area (Å²) < 4.78 is 5.15. The van der Waals surface area contributed by atoms with Crippen LogP contribution in [0.15, 0.2) is 53.4 Å². The Labute approximate surface area is 160 Å². The van der Waals surface area contributed by atoms with Gasteiger partial charge in [0.15, 0.2) is 6.10 Å². The lowest BCUT2D eigenvalue weighted by molar-refractivity contribution is -0.152. The van der Waals surface area contributed by atoms with Crippen molar-refractivity contribution in [3.63, 3.8) is 0 Å². The molecule has 0 aliphatic heterocycles. The Morgan fingerprint density at radius 2 is 1.88 bits per heavy atom. The van der Waals surface area contributed by atoms with Crippen LogP contribution in [0.5, 0.6) is 0 Å². The van der Waals surface area contributed by atoms with Gasteiger partial charge in [0.05, 0.1) is 17.1 Å². The van der Waals surface area contributed by atoms with E-state index in [1.165, 1.54) is 13.0 Å². The number of benzene rings is 2. The summed E-state index contributed by atoms with van der Waals surface area (Å²) in [7, 11) is 0. The quantitative estimate of drug-likeness (QED) is 0.524. The third kappa shape index (κ3) is 6.61. The van der Waals surface area contributed by atoms with Crippen LogP contribution in [0.3, 0.4) is 0 Å². The van der Waals surface area contributed by atoms with Gasteiger partial charge in [0.25, 0.3) is 5.91 Å². The van der Waals surface area contributed by atoms with Crippen LogP contribution in [-0.4, -0.2) is 23.7 Å². The van der Waals surface area contributed by atoms with E-state index in [-0.39, 0.29) is 6.42 Å². The van der Waals surface area contributed by atoms with Crippen molar-refractivity contribution < 1.29 is 14.3 Å². The molecule has 0 radical (unpaired) electrons. The number of hydrogen-bond donors (Lipinski definition) is 1. The first kappa shape index (κ1) is 19.6. The fraction of sp³-hybridized carbons (Fsp3) is 0.222. The summed E-state index contributed by atoms with van der Waals surface area (Å²) >= 11 is 13.4. The molecule has 0 aliphatic rings. The molecule has 2 rings (SSSR count). The molecule has 0 unspecified atom stereocenters. The number of carbonyl (C=O) groups is 2. The number of halogens is 2. The first-order valence-corrected chi connectivity index (χ1v) is 9.33. The Balaban J connectivity index is 1.77. The minimum absolute atomic E-state index is 0.221. The Hall–Kier alpha value is -1.69. The number of carbonyl (C=O) groups excluding carboxylic acids is 2. The number of nitrogens with one attached hydrogen (secondary N) is 1. The van der Waals surface area contributed by atoms with Crippen LogP contribution in [0.1, 0.15) is 13.3 Å². The topological polar surface area (TPSA) is 55.4 Å². The van der Waals surface area contributed by atoms with Crippen molar-refractivity contribution in [3.05, 3.63) is 58.6 Å². The smallest absolute Gasteiger partial charge is 0.307 e. The minimum atomic E-state index is -0.916. The number of rotatable bonds is 7. The van der Waals surface area contributed by atoms with Gasteiger partial charge in [0.2, 0.25) is 0 Å². The molecule has 0 saturated carbocycles. The Bertz CT molecular complexity index is 740. The summed E-state index contributed by atoms with van der Waals surface area (Å²) in [5.41, 5.74) is 0.415. The van der Waals surface area contributed by atoms with Crippen molar-refractivity contribution >= 4 is 52.5 Å². The predicted octanol–water partition coefficient (Wildman–Crippen LogP) is 5.05. The molecule has 1 atom stereocenters. The van der Waals surface area contributed by atoms with Crippen LogP contribution in [0.25, 0.3) is 0 Å². The van der Waals surface area contributed by atoms with Crippen molar-refractivity contribution in [3.8, 4) is 0 Å². The van der Waals surface area contributed by atoms with Gasteiger partial charge in [0.1, 0.15) is 0 Å². The molecule has 25 heavy (non-hydrogen) atoms. The maximum atomic E-state index is 12.1. The molecule has 1 N–H and O–H groups in total. The summed E-state index contributed by atoms with van der Waals surface area (Å²) in [6.07, 6.45) is -0.695. The molecule has 0 aromatic heterocycles.